The lowest BCUT2D eigenvalue weighted by molar-refractivity contribution is -0.132. The fourth-order valence-electron chi connectivity index (χ4n) is 2.80. The minimum absolute atomic E-state index is 0.170. The lowest BCUT2D eigenvalue weighted by Crippen LogP contribution is -2.51. The molecule has 0 aromatic carbocycles. The molecule has 0 aromatic heterocycles. The molecule has 3 heteroatoms. The van der Waals surface area contributed by atoms with Gasteiger partial charge in [-0.05, 0) is 31.6 Å². The van der Waals surface area contributed by atoms with Crippen molar-refractivity contribution >= 4 is 5.91 Å². The first-order chi connectivity index (χ1) is 8.09. The summed E-state index contributed by atoms with van der Waals surface area (Å²) in [6, 6.07) is 0.361. The molecule has 1 amide bonds. The van der Waals surface area contributed by atoms with Gasteiger partial charge in [-0.2, -0.15) is 0 Å². The smallest absolute Gasteiger partial charge is 0.227 e. The normalized spacial score (nSPS) is 25.6. The van der Waals surface area contributed by atoms with Crippen molar-refractivity contribution in [2.75, 3.05) is 6.54 Å². The van der Waals surface area contributed by atoms with Gasteiger partial charge in [0.1, 0.15) is 0 Å². The van der Waals surface area contributed by atoms with Gasteiger partial charge in [0.2, 0.25) is 5.91 Å². The maximum absolute atomic E-state index is 12.4. The van der Waals surface area contributed by atoms with Crippen molar-refractivity contribution < 1.29 is 4.79 Å². The van der Waals surface area contributed by atoms with Crippen molar-refractivity contribution in [3.8, 4) is 0 Å². The van der Waals surface area contributed by atoms with Gasteiger partial charge in [0, 0.05) is 12.6 Å². The highest BCUT2D eigenvalue weighted by Crippen LogP contribution is 2.28. The summed E-state index contributed by atoms with van der Waals surface area (Å²) in [6.07, 6.45) is 6.56. The molecule has 17 heavy (non-hydrogen) atoms. The number of rotatable bonds is 5. The van der Waals surface area contributed by atoms with Crippen LogP contribution in [0.1, 0.15) is 59.3 Å². The van der Waals surface area contributed by atoms with Crippen LogP contribution in [0, 0.1) is 11.3 Å². The van der Waals surface area contributed by atoms with Crippen LogP contribution in [-0.4, -0.2) is 18.5 Å². The molecule has 1 rings (SSSR count). The molecular formula is C14H28N2O. The molecule has 0 aromatic rings. The van der Waals surface area contributed by atoms with Crippen LogP contribution in [0.3, 0.4) is 0 Å². The lowest BCUT2D eigenvalue weighted by atomic mass is 9.79. The SMILES string of the molecule is CCC(CC)(CN)C(=O)NC1CCCCC1C. The van der Waals surface area contributed by atoms with E-state index in [0.717, 1.165) is 19.3 Å². The van der Waals surface area contributed by atoms with E-state index in [1.165, 1.54) is 19.3 Å². The van der Waals surface area contributed by atoms with Crippen molar-refractivity contribution in [2.45, 2.75) is 65.3 Å². The second-order valence-electron chi connectivity index (χ2n) is 5.53. The van der Waals surface area contributed by atoms with E-state index in [-0.39, 0.29) is 11.3 Å². The van der Waals surface area contributed by atoms with E-state index in [4.69, 9.17) is 5.73 Å². The highest BCUT2D eigenvalue weighted by Gasteiger charge is 2.35. The molecule has 0 spiro atoms. The van der Waals surface area contributed by atoms with Gasteiger partial charge < -0.3 is 11.1 Å². The topological polar surface area (TPSA) is 55.1 Å². The number of amides is 1. The van der Waals surface area contributed by atoms with Crippen LogP contribution in [0.25, 0.3) is 0 Å². The summed E-state index contributed by atoms with van der Waals surface area (Å²) >= 11 is 0. The summed E-state index contributed by atoms with van der Waals surface area (Å²) in [5.74, 6) is 0.778. The summed E-state index contributed by atoms with van der Waals surface area (Å²) in [6.45, 7) is 6.81. The van der Waals surface area contributed by atoms with Crippen molar-refractivity contribution in [2.24, 2.45) is 17.1 Å². The zero-order valence-electron chi connectivity index (χ0n) is 11.6. The van der Waals surface area contributed by atoms with E-state index in [1.807, 2.05) is 0 Å². The average Bonchev–Trinajstić information content (AvgIpc) is 2.35. The molecule has 0 bridgehead atoms. The van der Waals surface area contributed by atoms with E-state index in [9.17, 15) is 4.79 Å². The molecule has 3 nitrogen and oxygen atoms in total. The molecular weight excluding hydrogens is 212 g/mol. The predicted molar refractivity (Wildman–Crippen MR) is 71.6 cm³/mol. The first-order valence-corrected chi connectivity index (χ1v) is 7.10. The average molecular weight is 240 g/mol. The van der Waals surface area contributed by atoms with Crippen LogP contribution in [0.2, 0.25) is 0 Å². The summed E-state index contributed by atoms with van der Waals surface area (Å²) in [5.41, 5.74) is 5.46. The zero-order chi connectivity index (χ0) is 12.9. The number of hydrogen-bond donors (Lipinski definition) is 2. The van der Waals surface area contributed by atoms with Gasteiger partial charge >= 0.3 is 0 Å². The Morgan fingerprint density at radius 2 is 1.88 bits per heavy atom. The van der Waals surface area contributed by atoms with E-state index < -0.39 is 0 Å². The Balaban J connectivity index is 2.63. The fourth-order valence-corrected chi connectivity index (χ4v) is 2.80. The van der Waals surface area contributed by atoms with E-state index in [0.29, 0.717) is 18.5 Å². The Hall–Kier alpha value is -0.570. The summed E-state index contributed by atoms with van der Waals surface area (Å²) in [4.78, 5) is 12.4. The van der Waals surface area contributed by atoms with Crippen LogP contribution in [-0.2, 0) is 4.79 Å². The van der Waals surface area contributed by atoms with Gasteiger partial charge in [-0.1, -0.05) is 33.6 Å². The molecule has 1 fully saturated rings. The summed E-state index contributed by atoms with van der Waals surface area (Å²) in [7, 11) is 0. The molecule has 2 unspecified atom stereocenters. The molecule has 1 saturated carbocycles. The molecule has 0 heterocycles. The Kier molecular flexibility index (Phi) is 5.44. The largest absolute Gasteiger partial charge is 0.353 e. The standard InChI is InChI=1S/C14H28N2O/c1-4-14(5-2,10-15)13(17)16-12-9-7-6-8-11(12)3/h11-12H,4-10,15H2,1-3H3,(H,16,17). The Labute approximate surface area is 106 Å². The van der Waals surface area contributed by atoms with Crippen LogP contribution in [0.5, 0.6) is 0 Å². The van der Waals surface area contributed by atoms with Gasteiger partial charge in [0.15, 0.2) is 0 Å². The molecule has 0 aliphatic heterocycles. The van der Waals surface area contributed by atoms with Gasteiger partial charge in [0.25, 0.3) is 0 Å². The monoisotopic (exact) mass is 240 g/mol. The molecule has 1 aliphatic carbocycles. The number of nitrogens with one attached hydrogen (secondary N) is 1. The first kappa shape index (κ1) is 14.5. The Bertz CT molecular complexity index is 240. The minimum Gasteiger partial charge on any atom is -0.353 e. The number of nitrogens with two attached hydrogens (primary N) is 1. The highest BCUT2D eigenvalue weighted by atomic mass is 16.2. The fraction of sp³-hybridized carbons (Fsp3) is 0.929. The minimum atomic E-state index is -0.350. The Morgan fingerprint density at radius 1 is 1.29 bits per heavy atom. The van der Waals surface area contributed by atoms with Crippen molar-refractivity contribution in [1.82, 2.24) is 5.32 Å². The van der Waals surface area contributed by atoms with E-state index >= 15 is 0 Å². The van der Waals surface area contributed by atoms with Gasteiger partial charge in [-0.15, -0.1) is 0 Å². The van der Waals surface area contributed by atoms with Gasteiger partial charge in [-0.3, -0.25) is 4.79 Å². The molecule has 0 radical (unpaired) electrons. The van der Waals surface area contributed by atoms with Crippen molar-refractivity contribution in [3.63, 3.8) is 0 Å². The van der Waals surface area contributed by atoms with Gasteiger partial charge in [0.05, 0.1) is 5.41 Å². The first-order valence-electron chi connectivity index (χ1n) is 7.10. The van der Waals surface area contributed by atoms with Gasteiger partial charge in [-0.25, -0.2) is 0 Å². The number of carbonyl (C=O) groups excluding carboxylic acids is 1. The molecule has 0 saturated heterocycles. The van der Waals surface area contributed by atoms with Crippen LogP contribution < -0.4 is 11.1 Å². The predicted octanol–water partition coefficient (Wildman–Crippen LogP) is 2.45. The summed E-state index contributed by atoms with van der Waals surface area (Å²) in [5, 5.41) is 3.24. The molecule has 2 atom stereocenters. The summed E-state index contributed by atoms with van der Waals surface area (Å²) < 4.78 is 0. The molecule has 1 aliphatic rings. The maximum atomic E-state index is 12.4. The van der Waals surface area contributed by atoms with Crippen LogP contribution in [0.15, 0.2) is 0 Å². The van der Waals surface area contributed by atoms with Crippen molar-refractivity contribution in [3.05, 3.63) is 0 Å². The zero-order valence-corrected chi connectivity index (χ0v) is 11.6. The third kappa shape index (κ3) is 3.21. The quantitative estimate of drug-likeness (QED) is 0.775. The number of carbonyl (C=O) groups is 1. The lowest BCUT2D eigenvalue weighted by Gasteiger charge is -2.35. The van der Waals surface area contributed by atoms with Crippen LogP contribution >= 0.6 is 0 Å². The van der Waals surface area contributed by atoms with E-state index in [2.05, 4.69) is 26.1 Å². The number of hydrogen-bond acceptors (Lipinski definition) is 2. The van der Waals surface area contributed by atoms with E-state index in [1.54, 1.807) is 0 Å². The second kappa shape index (κ2) is 6.39. The second-order valence-corrected chi connectivity index (χ2v) is 5.53. The van der Waals surface area contributed by atoms with Crippen LogP contribution in [0.4, 0.5) is 0 Å². The Morgan fingerprint density at radius 3 is 2.35 bits per heavy atom. The molecule has 100 valence electrons. The third-order valence-corrected chi connectivity index (χ3v) is 4.65. The van der Waals surface area contributed by atoms with Crippen molar-refractivity contribution in [1.29, 1.82) is 0 Å². The molecule has 3 N–H and O–H groups in total. The highest BCUT2D eigenvalue weighted by molar-refractivity contribution is 5.83. The third-order valence-electron chi connectivity index (χ3n) is 4.65. The maximum Gasteiger partial charge on any atom is 0.227 e.